The third-order valence-electron chi connectivity index (χ3n) is 5.15. The summed E-state index contributed by atoms with van der Waals surface area (Å²) in [6, 6.07) is 23.0. The van der Waals surface area contributed by atoms with Crippen molar-refractivity contribution in [1.82, 2.24) is 15.2 Å². The smallest absolute Gasteiger partial charge is 0.341 e. The average Bonchev–Trinajstić information content (AvgIpc) is 3.03. The third kappa shape index (κ3) is 5.39. The average molecular weight is 551 g/mol. The molecule has 0 amide bonds. The van der Waals surface area contributed by atoms with E-state index >= 15 is 0 Å². The van der Waals surface area contributed by atoms with Gasteiger partial charge in [-0.1, -0.05) is 76.2 Å². The van der Waals surface area contributed by atoms with Gasteiger partial charge in [-0.15, -0.1) is 10.2 Å². The van der Waals surface area contributed by atoms with Crippen LogP contribution >= 0.6 is 27.7 Å². The highest BCUT2D eigenvalue weighted by atomic mass is 79.9. The maximum absolute atomic E-state index is 11.1. The molecule has 0 saturated carbocycles. The predicted molar refractivity (Wildman–Crippen MR) is 136 cm³/mol. The predicted octanol–water partition coefficient (Wildman–Crippen LogP) is 5.56. The Hall–Kier alpha value is -3.63. The van der Waals surface area contributed by atoms with Crippen molar-refractivity contribution in [2.75, 3.05) is 11.9 Å². The van der Waals surface area contributed by atoms with Crippen LogP contribution in [0.2, 0.25) is 0 Å². The second kappa shape index (κ2) is 10.3. The molecular weight excluding hydrogens is 532 g/mol. The lowest BCUT2D eigenvalue weighted by molar-refractivity contribution is -0.139. The van der Waals surface area contributed by atoms with Gasteiger partial charge in [-0.3, -0.25) is 0 Å². The van der Waals surface area contributed by atoms with Crippen molar-refractivity contribution < 1.29 is 19.4 Å². The van der Waals surface area contributed by atoms with Crippen molar-refractivity contribution >= 4 is 39.3 Å². The number of hydrogen-bond donors (Lipinski definition) is 2. The number of aliphatic carboxylic acids is 1. The Morgan fingerprint density at radius 3 is 2.71 bits per heavy atom. The van der Waals surface area contributed by atoms with Gasteiger partial charge in [0.15, 0.2) is 12.3 Å². The van der Waals surface area contributed by atoms with E-state index in [4.69, 9.17) is 14.6 Å². The molecule has 2 heterocycles. The molecule has 0 bridgehead atoms. The number of aromatic nitrogens is 3. The second-order valence-corrected chi connectivity index (χ2v) is 9.43. The highest BCUT2D eigenvalue weighted by Gasteiger charge is 2.28. The molecule has 1 aliphatic heterocycles. The first-order valence-electron chi connectivity index (χ1n) is 10.6. The van der Waals surface area contributed by atoms with E-state index in [1.165, 1.54) is 11.8 Å². The lowest BCUT2D eigenvalue weighted by Crippen LogP contribution is -2.19. The SMILES string of the molecule is O=C(O)COc1ccc(Br)cc1C1Nc2ccccc2-c2nnc(SCc3ccccc3)nc2O1. The van der Waals surface area contributed by atoms with E-state index in [1.54, 1.807) is 12.1 Å². The molecule has 0 fully saturated rings. The van der Waals surface area contributed by atoms with Crippen LogP contribution in [0.25, 0.3) is 11.3 Å². The van der Waals surface area contributed by atoms with Crippen LogP contribution in [-0.4, -0.2) is 32.9 Å². The number of carbonyl (C=O) groups is 1. The van der Waals surface area contributed by atoms with Gasteiger partial charge in [-0.05, 0) is 29.8 Å². The first-order chi connectivity index (χ1) is 17.1. The normalized spacial score (nSPS) is 14.0. The highest BCUT2D eigenvalue weighted by molar-refractivity contribution is 9.10. The number of carboxylic acid groups (broad SMARTS) is 1. The molecule has 0 radical (unpaired) electrons. The van der Waals surface area contributed by atoms with Crippen molar-refractivity contribution in [3.63, 3.8) is 0 Å². The van der Waals surface area contributed by atoms with Gasteiger partial charge in [-0.2, -0.15) is 4.98 Å². The molecule has 1 atom stereocenters. The Labute approximate surface area is 213 Å². The van der Waals surface area contributed by atoms with E-state index in [0.717, 1.165) is 21.3 Å². The molecule has 4 aromatic rings. The van der Waals surface area contributed by atoms with E-state index in [2.05, 4.69) is 36.4 Å². The molecule has 8 nitrogen and oxygen atoms in total. The number of benzene rings is 3. The van der Waals surface area contributed by atoms with Gasteiger partial charge in [0.1, 0.15) is 5.75 Å². The van der Waals surface area contributed by atoms with E-state index < -0.39 is 18.8 Å². The minimum absolute atomic E-state index is 0.321. The van der Waals surface area contributed by atoms with Gasteiger partial charge < -0.3 is 19.9 Å². The van der Waals surface area contributed by atoms with Gasteiger partial charge in [0.2, 0.25) is 17.3 Å². The number of fused-ring (bicyclic) bond motifs is 3. The Balaban J connectivity index is 1.51. The Morgan fingerprint density at radius 1 is 1.09 bits per heavy atom. The van der Waals surface area contributed by atoms with Gasteiger partial charge in [0, 0.05) is 21.5 Å². The highest BCUT2D eigenvalue weighted by Crippen LogP contribution is 2.41. The standard InChI is InChI=1S/C25H19BrN4O4S/c26-16-10-11-20(33-13-21(31)32)18(12-16)23-27-19-9-5-4-8-17(19)22-24(34-23)28-25(30-29-22)35-14-15-6-2-1-3-7-15/h1-12,23,27H,13-14H2,(H,31,32). The maximum Gasteiger partial charge on any atom is 0.341 e. The lowest BCUT2D eigenvalue weighted by atomic mass is 10.1. The van der Waals surface area contributed by atoms with Crippen molar-refractivity contribution in [3.8, 4) is 22.9 Å². The van der Waals surface area contributed by atoms with Crippen molar-refractivity contribution in [2.24, 2.45) is 0 Å². The fourth-order valence-electron chi connectivity index (χ4n) is 3.57. The molecule has 2 N–H and O–H groups in total. The molecule has 1 aromatic heterocycles. The number of hydrogen-bond acceptors (Lipinski definition) is 8. The number of halogens is 1. The number of rotatable bonds is 7. The number of nitrogens with one attached hydrogen (secondary N) is 1. The summed E-state index contributed by atoms with van der Waals surface area (Å²) in [4.78, 5) is 15.8. The summed E-state index contributed by atoms with van der Waals surface area (Å²) in [5.74, 6) is 0.330. The second-order valence-electron chi connectivity index (χ2n) is 7.57. The minimum atomic E-state index is -1.07. The Bertz CT molecular complexity index is 1370. The van der Waals surface area contributed by atoms with Gasteiger partial charge in [0.25, 0.3) is 0 Å². The zero-order valence-corrected chi connectivity index (χ0v) is 20.6. The molecule has 176 valence electrons. The fourth-order valence-corrected chi connectivity index (χ4v) is 4.68. The van der Waals surface area contributed by atoms with Crippen LogP contribution in [0.4, 0.5) is 5.69 Å². The minimum Gasteiger partial charge on any atom is -0.481 e. The van der Waals surface area contributed by atoms with Crippen LogP contribution in [0.5, 0.6) is 11.6 Å². The summed E-state index contributed by atoms with van der Waals surface area (Å²) in [7, 11) is 0. The summed E-state index contributed by atoms with van der Waals surface area (Å²) in [5, 5.41) is 21.7. The van der Waals surface area contributed by atoms with Crippen molar-refractivity contribution in [2.45, 2.75) is 17.1 Å². The number of thioether (sulfide) groups is 1. The summed E-state index contributed by atoms with van der Waals surface area (Å²) >= 11 is 4.95. The molecule has 1 aliphatic rings. The van der Waals surface area contributed by atoms with E-state index in [9.17, 15) is 4.79 Å². The lowest BCUT2D eigenvalue weighted by Gasteiger charge is -2.22. The molecular formula is C25H19BrN4O4S. The summed E-state index contributed by atoms with van der Waals surface area (Å²) in [6.45, 7) is -0.474. The maximum atomic E-state index is 11.1. The largest absolute Gasteiger partial charge is 0.481 e. The quantitative estimate of drug-likeness (QED) is 0.286. The van der Waals surface area contributed by atoms with E-state index in [0.29, 0.717) is 33.8 Å². The molecule has 0 aliphatic carbocycles. The molecule has 0 spiro atoms. The topological polar surface area (TPSA) is 106 Å². The molecule has 0 saturated heterocycles. The Kier molecular flexibility index (Phi) is 6.82. The number of nitrogens with zero attached hydrogens (tertiary/aromatic N) is 3. The van der Waals surface area contributed by atoms with Crippen LogP contribution in [0.1, 0.15) is 17.4 Å². The van der Waals surface area contributed by atoms with Crippen LogP contribution in [-0.2, 0) is 10.5 Å². The number of anilines is 1. The zero-order chi connectivity index (χ0) is 24.2. The Morgan fingerprint density at radius 2 is 1.89 bits per heavy atom. The third-order valence-corrected chi connectivity index (χ3v) is 6.55. The molecule has 1 unspecified atom stereocenters. The number of para-hydroxylation sites is 1. The first kappa shape index (κ1) is 23.1. The number of ether oxygens (including phenoxy) is 2. The van der Waals surface area contributed by atoms with Gasteiger partial charge in [0.05, 0.1) is 5.56 Å². The van der Waals surface area contributed by atoms with Gasteiger partial charge in [-0.25, -0.2) is 4.79 Å². The zero-order valence-electron chi connectivity index (χ0n) is 18.2. The van der Waals surface area contributed by atoms with Crippen molar-refractivity contribution in [3.05, 3.63) is 88.4 Å². The summed E-state index contributed by atoms with van der Waals surface area (Å²) < 4.78 is 12.7. The van der Waals surface area contributed by atoms with Crippen LogP contribution in [0, 0.1) is 0 Å². The molecule has 10 heteroatoms. The molecule has 5 rings (SSSR count). The molecule has 35 heavy (non-hydrogen) atoms. The van der Waals surface area contributed by atoms with Crippen LogP contribution in [0.15, 0.2) is 82.4 Å². The fraction of sp³-hybridized carbons (Fsp3) is 0.120. The first-order valence-corrected chi connectivity index (χ1v) is 12.4. The van der Waals surface area contributed by atoms with Crippen LogP contribution < -0.4 is 14.8 Å². The summed E-state index contributed by atoms with van der Waals surface area (Å²) in [5.41, 5.74) is 3.85. The van der Waals surface area contributed by atoms with Crippen molar-refractivity contribution in [1.29, 1.82) is 0 Å². The molecule has 3 aromatic carbocycles. The van der Waals surface area contributed by atoms with E-state index in [-0.39, 0.29) is 0 Å². The van der Waals surface area contributed by atoms with E-state index in [1.807, 2.05) is 60.7 Å². The number of carboxylic acids is 1. The van der Waals surface area contributed by atoms with Crippen LogP contribution in [0.3, 0.4) is 0 Å². The van der Waals surface area contributed by atoms with Gasteiger partial charge >= 0.3 is 5.97 Å². The summed E-state index contributed by atoms with van der Waals surface area (Å²) in [6.07, 6.45) is -0.720. The monoisotopic (exact) mass is 550 g/mol.